The van der Waals surface area contributed by atoms with E-state index in [0.717, 1.165) is 19.3 Å². The van der Waals surface area contributed by atoms with Gasteiger partial charge in [-0.05, 0) is 6.42 Å². The molecule has 0 spiro atoms. The number of hydrogen-bond acceptors (Lipinski definition) is 3. The Balaban J connectivity index is 3.47. The van der Waals surface area contributed by atoms with Crippen molar-refractivity contribution in [3.8, 4) is 0 Å². The van der Waals surface area contributed by atoms with Gasteiger partial charge in [0.05, 0.1) is 11.9 Å². The van der Waals surface area contributed by atoms with Gasteiger partial charge in [-0.3, -0.25) is 4.79 Å². The quantitative estimate of drug-likeness (QED) is 0.538. The minimum atomic E-state index is -0.225. The first-order valence-corrected chi connectivity index (χ1v) is 4.80. The van der Waals surface area contributed by atoms with Gasteiger partial charge < -0.3 is 10.4 Å². The summed E-state index contributed by atoms with van der Waals surface area (Å²) in [6, 6.07) is 0. The lowest BCUT2D eigenvalue weighted by Crippen LogP contribution is -2.33. The molecule has 12 heavy (non-hydrogen) atoms. The Morgan fingerprint density at radius 1 is 1.67 bits per heavy atom. The average Bonchev–Trinajstić information content (AvgIpc) is 2.10. The van der Waals surface area contributed by atoms with Gasteiger partial charge in [-0.2, -0.15) is 12.6 Å². The summed E-state index contributed by atoms with van der Waals surface area (Å²) in [6.45, 7) is 2.38. The molecule has 0 aromatic heterocycles. The molecule has 0 aliphatic rings. The monoisotopic (exact) mass is 191 g/mol. The number of unbranched alkanes of at least 4 members (excludes halogenated alkanes) is 1. The van der Waals surface area contributed by atoms with Crippen LogP contribution in [0.4, 0.5) is 0 Å². The van der Waals surface area contributed by atoms with Crippen LogP contribution in [0, 0.1) is 0 Å². The molecule has 0 rings (SSSR count). The molecule has 0 bridgehead atoms. The molecule has 72 valence electrons. The van der Waals surface area contributed by atoms with Crippen LogP contribution in [0.2, 0.25) is 0 Å². The molecule has 1 unspecified atom stereocenters. The van der Waals surface area contributed by atoms with Gasteiger partial charge in [0.25, 0.3) is 0 Å². The lowest BCUT2D eigenvalue weighted by Gasteiger charge is -2.09. The van der Waals surface area contributed by atoms with E-state index < -0.39 is 0 Å². The summed E-state index contributed by atoms with van der Waals surface area (Å²) in [6.07, 6.45) is 2.89. The largest absolute Gasteiger partial charge is 0.395 e. The van der Waals surface area contributed by atoms with E-state index in [2.05, 4.69) is 24.9 Å². The molecule has 0 aromatic carbocycles. The number of amides is 1. The van der Waals surface area contributed by atoms with Crippen molar-refractivity contribution in [1.29, 1.82) is 0 Å². The fraction of sp³-hybridized carbons (Fsp3) is 0.875. The van der Waals surface area contributed by atoms with Crippen LogP contribution in [0.1, 0.15) is 26.2 Å². The highest BCUT2D eigenvalue weighted by Crippen LogP contribution is 2.06. The molecule has 4 heteroatoms. The number of aliphatic hydroxyl groups is 1. The number of rotatable bonds is 6. The van der Waals surface area contributed by atoms with E-state index >= 15 is 0 Å². The van der Waals surface area contributed by atoms with Gasteiger partial charge >= 0.3 is 0 Å². The summed E-state index contributed by atoms with van der Waals surface area (Å²) >= 11 is 4.14. The van der Waals surface area contributed by atoms with Crippen LogP contribution in [0.5, 0.6) is 0 Å². The van der Waals surface area contributed by atoms with E-state index in [0.29, 0.717) is 6.54 Å². The summed E-state index contributed by atoms with van der Waals surface area (Å²) in [7, 11) is 0. The van der Waals surface area contributed by atoms with Gasteiger partial charge in [-0.1, -0.05) is 19.8 Å². The van der Waals surface area contributed by atoms with Crippen molar-refractivity contribution in [2.45, 2.75) is 31.4 Å². The number of nitrogens with one attached hydrogen (secondary N) is 1. The Morgan fingerprint density at radius 3 is 2.83 bits per heavy atom. The van der Waals surface area contributed by atoms with Gasteiger partial charge in [-0.15, -0.1) is 0 Å². The molecule has 1 atom stereocenters. The smallest absolute Gasteiger partial charge is 0.232 e. The molecular weight excluding hydrogens is 174 g/mol. The van der Waals surface area contributed by atoms with Crippen LogP contribution in [0.3, 0.4) is 0 Å². The summed E-state index contributed by atoms with van der Waals surface area (Å²) in [5.74, 6) is -0.0826. The normalized spacial score (nSPS) is 12.6. The summed E-state index contributed by atoms with van der Waals surface area (Å²) in [4.78, 5) is 11.1. The second-order valence-corrected chi connectivity index (χ2v) is 3.30. The Morgan fingerprint density at radius 2 is 2.33 bits per heavy atom. The third-order valence-electron chi connectivity index (χ3n) is 1.54. The number of carbonyl (C=O) groups excluding carboxylic acids is 1. The fourth-order valence-electron chi connectivity index (χ4n) is 0.825. The Labute approximate surface area is 79.0 Å². The zero-order chi connectivity index (χ0) is 9.40. The predicted octanol–water partition coefficient (Wildman–Crippen LogP) is 0.583. The molecule has 3 nitrogen and oxygen atoms in total. The van der Waals surface area contributed by atoms with Crippen molar-refractivity contribution in [2.75, 3.05) is 13.2 Å². The molecule has 0 aliphatic heterocycles. The van der Waals surface area contributed by atoms with Crippen LogP contribution in [0.25, 0.3) is 0 Å². The van der Waals surface area contributed by atoms with Crippen molar-refractivity contribution in [3.05, 3.63) is 0 Å². The Bertz CT molecular complexity index is 130. The van der Waals surface area contributed by atoms with Crippen LogP contribution >= 0.6 is 12.6 Å². The second-order valence-electron chi connectivity index (χ2n) is 2.67. The van der Waals surface area contributed by atoms with Gasteiger partial charge in [0.1, 0.15) is 0 Å². The van der Waals surface area contributed by atoms with Crippen molar-refractivity contribution < 1.29 is 9.90 Å². The molecular formula is C8H17NO2S. The van der Waals surface area contributed by atoms with Crippen LogP contribution in [-0.4, -0.2) is 29.4 Å². The highest BCUT2D eigenvalue weighted by Gasteiger charge is 2.11. The molecule has 0 fully saturated rings. The van der Waals surface area contributed by atoms with Gasteiger partial charge in [0.2, 0.25) is 5.91 Å². The topological polar surface area (TPSA) is 49.3 Å². The maximum Gasteiger partial charge on any atom is 0.232 e. The molecule has 0 saturated heterocycles. The lowest BCUT2D eigenvalue weighted by molar-refractivity contribution is -0.120. The van der Waals surface area contributed by atoms with E-state index in [1.54, 1.807) is 0 Å². The molecule has 2 N–H and O–H groups in total. The Hall–Kier alpha value is -0.220. The number of aliphatic hydroxyl groups excluding tert-OH is 1. The van der Waals surface area contributed by atoms with E-state index in [1.807, 2.05) is 0 Å². The van der Waals surface area contributed by atoms with Crippen molar-refractivity contribution in [3.63, 3.8) is 0 Å². The summed E-state index contributed by atoms with van der Waals surface area (Å²) in [5.41, 5.74) is 0. The lowest BCUT2D eigenvalue weighted by atomic mass is 10.2. The number of hydrogen-bond donors (Lipinski definition) is 3. The standard InChI is InChI=1S/C8H17NO2S/c1-2-3-4-7(12)8(11)9-5-6-10/h7,10,12H,2-6H2,1H3,(H,9,11). The first kappa shape index (κ1) is 11.8. The highest BCUT2D eigenvalue weighted by atomic mass is 32.1. The molecule has 1 amide bonds. The highest BCUT2D eigenvalue weighted by molar-refractivity contribution is 7.81. The van der Waals surface area contributed by atoms with Crippen LogP contribution < -0.4 is 5.32 Å². The SMILES string of the molecule is CCCCC(S)C(=O)NCCO. The minimum absolute atomic E-state index is 0.0139. The van der Waals surface area contributed by atoms with Crippen LogP contribution in [0.15, 0.2) is 0 Å². The maximum absolute atomic E-state index is 11.1. The maximum atomic E-state index is 11.1. The Kier molecular flexibility index (Phi) is 7.29. The van der Waals surface area contributed by atoms with Crippen molar-refractivity contribution >= 4 is 18.5 Å². The predicted molar refractivity (Wildman–Crippen MR) is 52.4 cm³/mol. The number of thiol groups is 1. The zero-order valence-electron chi connectivity index (χ0n) is 7.42. The van der Waals surface area contributed by atoms with Crippen molar-refractivity contribution in [2.24, 2.45) is 0 Å². The molecule has 0 heterocycles. The van der Waals surface area contributed by atoms with Gasteiger partial charge in [0, 0.05) is 6.54 Å². The van der Waals surface area contributed by atoms with E-state index in [1.165, 1.54) is 0 Å². The fourth-order valence-corrected chi connectivity index (χ4v) is 1.10. The van der Waals surface area contributed by atoms with E-state index in [4.69, 9.17) is 5.11 Å². The molecule has 0 aromatic rings. The molecule has 0 aliphatic carbocycles. The van der Waals surface area contributed by atoms with Gasteiger partial charge in [-0.25, -0.2) is 0 Å². The van der Waals surface area contributed by atoms with Crippen LogP contribution in [-0.2, 0) is 4.79 Å². The third kappa shape index (κ3) is 5.43. The average molecular weight is 191 g/mol. The zero-order valence-corrected chi connectivity index (χ0v) is 8.31. The van der Waals surface area contributed by atoms with Gasteiger partial charge in [0.15, 0.2) is 0 Å². The molecule has 0 radical (unpaired) electrons. The first-order valence-electron chi connectivity index (χ1n) is 4.29. The second kappa shape index (κ2) is 7.43. The van der Waals surface area contributed by atoms with E-state index in [-0.39, 0.29) is 17.8 Å². The number of carbonyl (C=O) groups is 1. The van der Waals surface area contributed by atoms with Crippen molar-refractivity contribution in [1.82, 2.24) is 5.32 Å². The first-order chi connectivity index (χ1) is 5.72. The minimum Gasteiger partial charge on any atom is -0.395 e. The summed E-state index contributed by atoms with van der Waals surface area (Å²) < 4.78 is 0. The summed E-state index contributed by atoms with van der Waals surface area (Å²) in [5, 5.41) is 10.8. The van der Waals surface area contributed by atoms with E-state index in [9.17, 15) is 4.79 Å². The molecule has 0 saturated carbocycles. The third-order valence-corrected chi connectivity index (χ3v) is 2.04.